The fourth-order valence-electron chi connectivity index (χ4n) is 5.37. The molecular weight excluding hydrogens is 503 g/mol. The SMILES string of the molecule is CCCCN(C=O)c1cc2c(cc1F)-c1cnc(Nc3cnc4c(c3)N3C(=O)CCC3CO4)nc1C(C)(C)O2. The summed E-state index contributed by atoms with van der Waals surface area (Å²) in [6.07, 6.45) is 6.77. The summed E-state index contributed by atoms with van der Waals surface area (Å²) in [4.78, 5) is 40.8. The van der Waals surface area contributed by atoms with Gasteiger partial charge in [-0.2, -0.15) is 0 Å². The number of aromatic nitrogens is 3. The van der Waals surface area contributed by atoms with Gasteiger partial charge in [0.1, 0.15) is 29.5 Å². The number of anilines is 4. The third-order valence-corrected chi connectivity index (χ3v) is 7.34. The standard InChI is InChI=1S/C28H29FN6O4/c1-4-5-8-34(15-36)21-11-23-18(10-20(21)29)19-13-31-27(33-25(19)28(2,3)39-23)32-16-9-22-26(30-12-16)38-14-17-6-7-24(37)35(17)22/h9-13,15,17H,4-8,14H2,1-3H3,(H,31,32,33). The third-order valence-electron chi connectivity index (χ3n) is 7.34. The number of ether oxygens (including phenoxy) is 2. The maximum Gasteiger partial charge on any atom is 0.238 e. The van der Waals surface area contributed by atoms with E-state index in [1.807, 2.05) is 26.8 Å². The molecule has 0 radical (unpaired) electrons. The minimum atomic E-state index is -0.858. The number of benzene rings is 1. The molecule has 1 fully saturated rings. The van der Waals surface area contributed by atoms with Crippen molar-refractivity contribution in [2.24, 2.45) is 0 Å². The van der Waals surface area contributed by atoms with E-state index in [4.69, 9.17) is 14.5 Å². The van der Waals surface area contributed by atoms with Crippen LogP contribution in [0.3, 0.4) is 0 Å². The Labute approximate surface area is 225 Å². The van der Waals surface area contributed by atoms with Crippen molar-refractivity contribution in [2.75, 3.05) is 28.3 Å². The number of fused-ring (bicyclic) bond motifs is 6. The number of amides is 2. The molecule has 3 aliphatic heterocycles. The van der Waals surface area contributed by atoms with Crippen LogP contribution in [0.15, 0.2) is 30.6 Å². The van der Waals surface area contributed by atoms with Gasteiger partial charge in [-0.05, 0) is 38.8 Å². The molecule has 0 saturated carbocycles. The molecule has 3 aromatic rings. The van der Waals surface area contributed by atoms with E-state index in [0.29, 0.717) is 71.8 Å². The van der Waals surface area contributed by atoms with Crippen LogP contribution in [-0.4, -0.2) is 46.5 Å². The number of nitrogens with one attached hydrogen (secondary N) is 1. The number of hydrogen-bond donors (Lipinski definition) is 1. The van der Waals surface area contributed by atoms with Gasteiger partial charge in [-0.15, -0.1) is 0 Å². The van der Waals surface area contributed by atoms with Crippen LogP contribution in [0.5, 0.6) is 11.6 Å². The summed E-state index contributed by atoms with van der Waals surface area (Å²) < 4.78 is 27.2. The topological polar surface area (TPSA) is 110 Å². The second kappa shape index (κ2) is 9.48. The van der Waals surface area contributed by atoms with Gasteiger partial charge in [0, 0.05) is 36.4 Å². The van der Waals surface area contributed by atoms with Crippen LogP contribution in [0.4, 0.5) is 27.4 Å². The molecule has 2 amide bonds. The number of carbonyl (C=O) groups excluding carboxylic acids is 2. The molecule has 5 heterocycles. The van der Waals surface area contributed by atoms with E-state index in [0.717, 1.165) is 19.3 Å². The summed E-state index contributed by atoms with van der Waals surface area (Å²) in [5, 5.41) is 3.17. The van der Waals surface area contributed by atoms with Crippen molar-refractivity contribution in [2.45, 2.75) is 58.1 Å². The van der Waals surface area contributed by atoms with Crippen molar-refractivity contribution >= 4 is 35.3 Å². The zero-order valence-electron chi connectivity index (χ0n) is 22.0. The fraction of sp³-hybridized carbons (Fsp3) is 0.393. The highest BCUT2D eigenvalue weighted by Gasteiger charge is 2.39. The Balaban J connectivity index is 1.32. The summed E-state index contributed by atoms with van der Waals surface area (Å²) in [5.74, 6) is 0.725. The van der Waals surface area contributed by atoms with Crippen LogP contribution >= 0.6 is 0 Å². The van der Waals surface area contributed by atoms with Gasteiger partial charge >= 0.3 is 0 Å². The second-order valence-corrected chi connectivity index (χ2v) is 10.5. The van der Waals surface area contributed by atoms with E-state index < -0.39 is 11.4 Å². The first-order valence-corrected chi connectivity index (χ1v) is 13.1. The molecule has 3 aliphatic rings. The molecule has 1 atom stereocenters. The van der Waals surface area contributed by atoms with Crippen LogP contribution < -0.4 is 24.6 Å². The first-order valence-electron chi connectivity index (χ1n) is 13.1. The maximum atomic E-state index is 15.2. The highest BCUT2D eigenvalue weighted by atomic mass is 19.1. The number of carbonyl (C=O) groups is 2. The van der Waals surface area contributed by atoms with Gasteiger partial charge in [-0.25, -0.2) is 19.3 Å². The molecular formula is C28H29FN6O4. The lowest BCUT2D eigenvalue weighted by Gasteiger charge is -2.34. The smallest absolute Gasteiger partial charge is 0.238 e. The Morgan fingerprint density at radius 1 is 1.23 bits per heavy atom. The molecule has 10 nitrogen and oxygen atoms in total. The van der Waals surface area contributed by atoms with E-state index in [2.05, 4.69) is 15.3 Å². The largest absolute Gasteiger partial charge is 0.481 e. The first-order chi connectivity index (χ1) is 18.8. The van der Waals surface area contributed by atoms with Crippen molar-refractivity contribution in [1.82, 2.24) is 15.0 Å². The lowest BCUT2D eigenvalue weighted by molar-refractivity contribution is -0.117. The van der Waals surface area contributed by atoms with Crippen molar-refractivity contribution < 1.29 is 23.5 Å². The first kappa shape index (κ1) is 25.0. The highest BCUT2D eigenvalue weighted by Crippen LogP contribution is 2.46. The van der Waals surface area contributed by atoms with Gasteiger partial charge in [0.15, 0.2) is 0 Å². The molecule has 1 saturated heterocycles. The normalized spacial score (nSPS) is 18.2. The van der Waals surface area contributed by atoms with E-state index in [1.54, 1.807) is 23.4 Å². The van der Waals surface area contributed by atoms with Gasteiger partial charge in [-0.1, -0.05) is 13.3 Å². The van der Waals surface area contributed by atoms with Gasteiger partial charge in [-0.3, -0.25) is 9.59 Å². The van der Waals surface area contributed by atoms with E-state index in [9.17, 15) is 9.59 Å². The molecule has 11 heteroatoms. The number of hydrogen-bond acceptors (Lipinski definition) is 8. The number of rotatable bonds is 7. The van der Waals surface area contributed by atoms with Crippen molar-refractivity contribution in [3.05, 3.63) is 42.1 Å². The van der Waals surface area contributed by atoms with Crippen LogP contribution in [0, 0.1) is 5.82 Å². The predicted octanol–water partition coefficient (Wildman–Crippen LogP) is 4.70. The third kappa shape index (κ3) is 4.31. The Morgan fingerprint density at radius 2 is 2.08 bits per heavy atom. The van der Waals surface area contributed by atoms with Crippen molar-refractivity contribution in [3.8, 4) is 22.8 Å². The number of unbranched alkanes of at least 4 members (excludes halogenated alkanes) is 1. The number of nitrogens with zero attached hydrogens (tertiary/aromatic N) is 5. The summed E-state index contributed by atoms with van der Waals surface area (Å²) >= 11 is 0. The lowest BCUT2D eigenvalue weighted by Crippen LogP contribution is -2.40. The molecule has 1 unspecified atom stereocenters. The summed E-state index contributed by atoms with van der Waals surface area (Å²) in [6, 6.07) is 4.77. The average molecular weight is 533 g/mol. The quantitative estimate of drug-likeness (QED) is 0.436. The molecule has 0 bridgehead atoms. The molecule has 2 aromatic heterocycles. The molecule has 39 heavy (non-hydrogen) atoms. The van der Waals surface area contributed by atoms with Crippen LogP contribution in [0.2, 0.25) is 0 Å². The summed E-state index contributed by atoms with van der Waals surface area (Å²) in [7, 11) is 0. The molecule has 0 aliphatic carbocycles. The minimum absolute atomic E-state index is 0.0197. The maximum absolute atomic E-state index is 15.2. The number of pyridine rings is 1. The molecule has 202 valence electrons. The van der Waals surface area contributed by atoms with Gasteiger partial charge in [0.25, 0.3) is 0 Å². The minimum Gasteiger partial charge on any atom is -0.481 e. The zero-order chi connectivity index (χ0) is 27.3. The Bertz CT molecular complexity index is 1480. The second-order valence-electron chi connectivity index (χ2n) is 10.5. The molecule has 0 spiro atoms. The van der Waals surface area contributed by atoms with Crippen molar-refractivity contribution in [1.29, 1.82) is 0 Å². The fourth-order valence-corrected chi connectivity index (χ4v) is 5.37. The predicted molar refractivity (Wildman–Crippen MR) is 143 cm³/mol. The average Bonchev–Trinajstić information content (AvgIpc) is 3.31. The van der Waals surface area contributed by atoms with Gasteiger partial charge in [0.05, 0.1) is 29.3 Å². The van der Waals surface area contributed by atoms with Gasteiger partial charge in [0.2, 0.25) is 24.1 Å². The lowest BCUT2D eigenvalue weighted by atomic mass is 9.91. The molecule has 6 rings (SSSR count). The summed E-state index contributed by atoms with van der Waals surface area (Å²) in [5.41, 5.74) is 2.30. The van der Waals surface area contributed by atoms with Crippen LogP contribution in [-0.2, 0) is 15.2 Å². The monoisotopic (exact) mass is 532 g/mol. The Hall–Kier alpha value is -4.28. The Kier molecular flexibility index (Phi) is 6.08. The number of halogens is 1. The highest BCUT2D eigenvalue weighted by molar-refractivity contribution is 5.98. The Morgan fingerprint density at radius 3 is 2.87 bits per heavy atom. The van der Waals surface area contributed by atoms with Gasteiger partial charge < -0.3 is 24.6 Å². The van der Waals surface area contributed by atoms with Crippen molar-refractivity contribution in [3.63, 3.8) is 0 Å². The zero-order valence-corrected chi connectivity index (χ0v) is 22.0. The van der Waals surface area contributed by atoms with E-state index in [1.165, 1.54) is 11.0 Å². The van der Waals surface area contributed by atoms with Crippen LogP contribution in [0.1, 0.15) is 52.1 Å². The van der Waals surface area contributed by atoms with E-state index in [-0.39, 0.29) is 17.6 Å². The summed E-state index contributed by atoms with van der Waals surface area (Å²) in [6.45, 7) is 6.62. The van der Waals surface area contributed by atoms with E-state index >= 15 is 4.39 Å². The molecule has 1 aromatic carbocycles. The molecule has 1 N–H and O–H groups in total. The van der Waals surface area contributed by atoms with Crippen LogP contribution in [0.25, 0.3) is 11.1 Å².